The minimum Gasteiger partial charge on any atom is -0.449 e. The van der Waals surface area contributed by atoms with Crippen LogP contribution < -0.4 is 0 Å². The van der Waals surface area contributed by atoms with Crippen LogP contribution in [0.3, 0.4) is 0 Å². The Morgan fingerprint density at radius 2 is 1.31 bits per heavy atom. The van der Waals surface area contributed by atoms with E-state index in [1.54, 1.807) is 0 Å². The van der Waals surface area contributed by atoms with Crippen molar-refractivity contribution in [3.8, 4) is 71.5 Å². The van der Waals surface area contributed by atoms with E-state index in [1.165, 1.54) is 25.7 Å². The maximum Gasteiger partial charge on any atom is 0.472 e. The summed E-state index contributed by atoms with van der Waals surface area (Å²) in [4.78, 5) is 41.6. The second-order valence-corrected chi connectivity index (χ2v) is 8.28. The summed E-state index contributed by atoms with van der Waals surface area (Å²) in [5.74, 6) is 23.1. The predicted octanol–water partition coefficient (Wildman–Crippen LogP) is 3.08. The summed E-state index contributed by atoms with van der Waals surface area (Å²) >= 11 is 0. The number of esters is 2. The Morgan fingerprint density at radius 1 is 0.806 bits per heavy atom. The Kier molecular flexibility index (Phi) is 19.7. The molecule has 9 heteroatoms. The predicted molar refractivity (Wildman–Crippen MR) is 134 cm³/mol. The molecule has 0 heterocycles. The van der Waals surface area contributed by atoms with Gasteiger partial charge in [0.25, 0.3) is 0 Å². The highest BCUT2D eigenvalue weighted by molar-refractivity contribution is 7.46. The highest BCUT2D eigenvalue weighted by atomic mass is 31.2. The van der Waals surface area contributed by atoms with Crippen molar-refractivity contribution in [3.63, 3.8) is 0 Å². The van der Waals surface area contributed by atoms with Crippen molar-refractivity contribution in [2.75, 3.05) is 6.61 Å². The molecule has 0 saturated heterocycles. The number of ether oxygens (including phenoxy) is 2. The molecule has 36 heavy (non-hydrogen) atoms. The van der Waals surface area contributed by atoms with E-state index in [9.17, 15) is 14.2 Å². The van der Waals surface area contributed by atoms with E-state index in [0.29, 0.717) is 6.42 Å². The lowest BCUT2D eigenvalue weighted by atomic mass is 10.1. The average molecular weight is 512 g/mol. The second kappa shape index (κ2) is 21.9. The fourth-order valence-electron chi connectivity index (χ4n) is 2.54. The molecule has 0 amide bonds. The summed E-state index contributed by atoms with van der Waals surface area (Å²) in [6.45, 7) is 1.41. The zero-order valence-corrected chi connectivity index (χ0v) is 21.1. The van der Waals surface area contributed by atoms with Gasteiger partial charge in [0, 0.05) is 12.3 Å². The van der Waals surface area contributed by atoms with Crippen LogP contribution in [0.1, 0.15) is 71.1 Å². The van der Waals surface area contributed by atoms with Gasteiger partial charge >= 0.3 is 19.8 Å². The summed E-state index contributed by atoms with van der Waals surface area (Å²) in [6.07, 6.45) is 12.7. The van der Waals surface area contributed by atoms with E-state index in [2.05, 4.69) is 70.7 Å². The first-order valence-corrected chi connectivity index (χ1v) is 12.9. The zero-order valence-electron chi connectivity index (χ0n) is 20.2. The van der Waals surface area contributed by atoms with Crippen molar-refractivity contribution in [2.24, 2.45) is 0 Å². The molecule has 0 saturated carbocycles. The van der Waals surface area contributed by atoms with Gasteiger partial charge in [-0.25, -0.2) is 13.9 Å². The number of carbonyl (C=O) groups is 2. The number of hydrogen-bond donors (Lipinski definition) is 2. The Labute approximate surface area is 213 Å². The number of carbonyl (C=O) groups excluding carboxylic acids is 2. The highest BCUT2D eigenvalue weighted by Crippen LogP contribution is 2.38. The maximum atomic E-state index is 12.0. The molecule has 0 aromatic rings. The standard InChI is InChI=1S/C27H29O8P/c1-3-5-7-9-11-13-15-16-18-20-22-25(28)33-24-27(35-36(30,31)32)34-26(29)23-21-19-17-14-12-10-8-6-4-2/h1,27H,4,6,8,10,12,14,17,19,21,23-24H2,2H3,(H2,30,31,32)/t27-/m1/s1. The van der Waals surface area contributed by atoms with Crippen LogP contribution in [0, 0.1) is 71.5 Å². The topological polar surface area (TPSA) is 119 Å². The van der Waals surface area contributed by atoms with E-state index in [1.807, 2.05) is 5.92 Å². The number of terminal acetylenes is 1. The van der Waals surface area contributed by atoms with Gasteiger partial charge in [0.1, 0.15) is 0 Å². The maximum absolute atomic E-state index is 12.0. The number of unbranched alkanes of at least 4 members (excludes halogenated alkanes) is 8. The van der Waals surface area contributed by atoms with Crippen LogP contribution >= 0.6 is 7.82 Å². The minimum absolute atomic E-state index is 0.0437. The van der Waals surface area contributed by atoms with Gasteiger partial charge in [-0.15, -0.1) is 6.42 Å². The quantitative estimate of drug-likeness (QED) is 0.0858. The summed E-state index contributed by atoms with van der Waals surface area (Å²) < 4.78 is 25.1. The van der Waals surface area contributed by atoms with Crippen LogP contribution in [0.25, 0.3) is 0 Å². The first-order chi connectivity index (χ1) is 17.3. The van der Waals surface area contributed by atoms with Crippen molar-refractivity contribution in [1.29, 1.82) is 0 Å². The molecule has 8 nitrogen and oxygen atoms in total. The summed E-state index contributed by atoms with van der Waals surface area (Å²) in [6, 6.07) is 0. The molecule has 0 fully saturated rings. The number of phosphoric ester groups is 1. The molecule has 0 radical (unpaired) electrons. The fraction of sp³-hybridized carbons (Fsp3) is 0.481. The Bertz CT molecular complexity index is 1100. The molecule has 0 unspecified atom stereocenters. The van der Waals surface area contributed by atoms with Gasteiger partial charge < -0.3 is 19.3 Å². The van der Waals surface area contributed by atoms with E-state index >= 15 is 0 Å². The third kappa shape index (κ3) is 23.6. The molecule has 190 valence electrons. The SMILES string of the molecule is C#CC#CC#CC#CC#CC#CC(=O)OC[C@H](OC(=O)CCCCCCCCCCC)OP(=O)(O)O. The molecule has 0 rings (SSSR count). The molecule has 0 aromatic heterocycles. The van der Waals surface area contributed by atoms with Crippen LogP contribution in [0.2, 0.25) is 0 Å². The molecule has 0 aliphatic carbocycles. The minimum atomic E-state index is -5.01. The van der Waals surface area contributed by atoms with Gasteiger partial charge in [-0.05, 0) is 65.6 Å². The van der Waals surface area contributed by atoms with Gasteiger partial charge in [0.15, 0.2) is 6.61 Å². The van der Waals surface area contributed by atoms with E-state index in [0.717, 1.165) is 25.7 Å². The van der Waals surface area contributed by atoms with Gasteiger partial charge in [0.2, 0.25) is 6.29 Å². The van der Waals surface area contributed by atoms with Gasteiger partial charge in [-0.2, -0.15) is 0 Å². The monoisotopic (exact) mass is 512 g/mol. The molecule has 1 atom stereocenters. The highest BCUT2D eigenvalue weighted by Gasteiger charge is 2.26. The molecule has 0 aliphatic heterocycles. The van der Waals surface area contributed by atoms with Gasteiger partial charge in [-0.1, -0.05) is 58.3 Å². The lowest BCUT2D eigenvalue weighted by Crippen LogP contribution is -2.27. The van der Waals surface area contributed by atoms with Crippen molar-refractivity contribution >= 4 is 19.8 Å². The van der Waals surface area contributed by atoms with Gasteiger partial charge in [-0.3, -0.25) is 4.79 Å². The Morgan fingerprint density at radius 3 is 1.83 bits per heavy atom. The first kappa shape index (κ1) is 32.4. The smallest absolute Gasteiger partial charge is 0.449 e. The van der Waals surface area contributed by atoms with Crippen LogP contribution in [-0.4, -0.2) is 34.6 Å². The largest absolute Gasteiger partial charge is 0.472 e. The van der Waals surface area contributed by atoms with Crippen molar-refractivity contribution < 1.29 is 37.9 Å². The molecular formula is C27H29O8P. The van der Waals surface area contributed by atoms with Crippen molar-refractivity contribution in [3.05, 3.63) is 0 Å². The molecule has 0 spiro atoms. The summed E-state index contributed by atoms with van der Waals surface area (Å²) in [7, 11) is -5.01. The normalized spacial score (nSPS) is 9.94. The lowest BCUT2D eigenvalue weighted by Gasteiger charge is -2.18. The zero-order chi connectivity index (χ0) is 26.9. The lowest BCUT2D eigenvalue weighted by molar-refractivity contribution is -0.177. The molecule has 0 bridgehead atoms. The van der Waals surface area contributed by atoms with E-state index < -0.39 is 32.7 Å². The summed E-state index contributed by atoms with van der Waals surface area (Å²) in [5.41, 5.74) is 0. The average Bonchev–Trinajstić information content (AvgIpc) is 2.81. The third-order valence-corrected chi connectivity index (χ3v) is 4.60. The molecule has 2 N–H and O–H groups in total. The first-order valence-electron chi connectivity index (χ1n) is 11.3. The fourth-order valence-corrected chi connectivity index (χ4v) is 2.95. The van der Waals surface area contributed by atoms with Crippen LogP contribution in [0.4, 0.5) is 0 Å². The second-order valence-electron chi connectivity index (χ2n) is 7.09. The van der Waals surface area contributed by atoms with Crippen LogP contribution in [-0.2, 0) is 28.2 Å². The molecular weight excluding hydrogens is 483 g/mol. The molecule has 0 aliphatic rings. The Hall–Kier alpha value is -3.59. The number of hydrogen-bond acceptors (Lipinski definition) is 6. The van der Waals surface area contributed by atoms with Crippen LogP contribution in [0.15, 0.2) is 0 Å². The van der Waals surface area contributed by atoms with Crippen molar-refractivity contribution in [1.82, 2.24) is 0 Å². The third-order valence-electron chi connectivity index (χ3n) is 4.09. The van der Waals surface area contributed by atoms with Crippen molar-refractivity contribution in [2.45, 2.75) is 77.4 Å². The molecule has 0 aromatic carbocycles. The van der Waals surface area contributed by atoms with Crippen LogP contribution in [0.5, 0.6) is 0 Å². The summed E-state index contributed by atoms with van der Waals surface area (Å²) in [5, 5.41) is 0. The number of phosphoric acid groups is 1. The van der Waals surface area contributed by atoms with E-state index in [-0.39, 0.29) is 6.42 Å². The number of rotatable bonds is 15. The van der Waals surface area contributed by atoms with E-state index in [4.69, 9.17) is 25.7 Å². The Balaban J connectivity index is 4.47. The van der Waals surface area contributed by atoms with Gasteiger partial charge in [0.05, 0.1) is 0 Å².